The second-order valence-electron chi connectivity index (χ2n) is 5.49. The van der Waals surface area contributed by atoms with E-state index in [9.17, 15) is 18.0 Å². The minimum Gasteiger partial charge on any atom is -0.497 e. The summed E-state index contributed by atoms with van der Waals surface area (Å²) >= 11 is 1.33. The van der Waals surface area contributed by atoms with E-state index in [0.29, 0.717) is 11.0 Å². The van der Waals surface area contributed by atoms with Crippen molar-refractivity contribution in [2.45, 2.75) is 19.1 Å². The summed E-state index contributed by atoms with van der Waals surface area (Å²) in [6, 6.07) is 2.22. The van der Waals surface area contributed by atoms with Crippen LogP contribution in [-0.4, -0.2) is 32.8 Å². The number of alkyl halides is 3. The summed E-state index contributed by atoms with van der Waals surface area (Å²) in [6.07, 6.45) is -1.68. The van der Waals surface area contributed by atoms with Gasteiger partial charge in [0.25, 0.3) is 5.91 Å². The third-order valence-corrected chi connectivity index (χ3v) is 4.39. The molecule has 0 fully saturated rings. The number of nitrogens with one attached hydrogen (secondary N) is 1. The van der Waals surface area contributed by atoms with Gasteiger partial charge in [-0.15, -0.1) is 11.3 Å². The topological polar surface area (TPSA) is 81.9 Å². The number of halogens is 3. The van der Waals surface area contributed by atoms with Gasteiger partial charge in [-0.1, -0.05) is 0 Å². The van der Waals surface area contributed by atoms with Crippen molar-refractivity contribution in [2.75, 3.05) is 7.11 Å². The molecule has 27 heavy (non-hydrogen) atoms. The zero-order valence-electron chi connectivity index (χ0n) is 14.2. The van der Waals surface area contributed by atoms with Gasteiger partial charge in [-0.05, 0) is 25.1 Å². The fraction of sp³-hybridized carbons (Fsp3) is 0.250. The number of rotatable bonds is 5. The maximum absolute atomic E-state index is 13.0. The normalized spacial score (nSPS) is 12.6. The summed E-state index contributed by atoms with van der Waals surface area (Å²) in [6.45, 7) is 1.65. The fourth-order valence-corrected chi connectivity index (χ4v) is 2.98. The van der Waals surface area contributed by atoms with Gasteiger partial charge in [0.2, 0.25) is 5.13 Å². The molecule has 11 heteroatoms. The van der Waals surface area contributed by atoms with Gasteiger partial charge in [0.05, 0.1) is 18.7 Å². The Bertz CT molecular complexity index is 940. The van der Waals surface area contributed by atoms with Gasteiger partial charge in [-0.3, -0.25) is 4.79 Å². The van der Waals surface area contributed by atoms with Gasteiger partial charge in [-0.2, -0.15) is 23.0 Å². The second kappa shape index (κ2) is 7.35. The van der Waals surface area contributed by atoms with Crippen LogP contribution in [0.2, 0.25) is 0 Å². The molecule has 1 atom stereocenters. The van der Waals surface area contributed by atoms with Gasteiger partial charge < -0.3 is 10.1 Å². The lowest BCUT2D eigenvalue weighted by Gasteiger charge is -2.15. The molecule has 0 aliphatic carbocycles. The molecular weight excluding hydrogens is 383 g/mol. The second-order valence-corrected chi connectivity index (χ2v) is 6.36. The highest BCUT2D eigenvalue weighted by molar-refractivity contribution is 7.12. The van der Waals surface area contributed by atoms with Crippen LogP contribution in [0.15, 0.2) is 36.1 Å². The van der Waals surface area contributed by atoms with E-state index in [1.165, 1.54) is 35.5 Å². The molecule has 0 unspecified atom stereocenters. The largest absolute Gasteiger partial charge is 0.497 e. The van der Waals surface area contributed by atoms with Crippen LogP contribution >= 0.6 is 11.3 Å². The summed E-state index contributed by atoms with van der Waals surface area (Å²) in [5.41, 5.74) is -1.14. The van der Waals surface area contributed by atoms with Gasteiger partial charge in [0.15, 0.2) is 5.82 Å². The average molecular weight is 397 g/mol. The molecule has 2 heterocycles. The van der Waals surface area contributed by atoms with E-state index in [1.807, 2.05) is 0 Å². The summed E-state index contributed by atoms with van der Waals surface area (Å²) in [4.78, 5) is 20.7. The molecule has 142 valence electrons. The van der Waals surface area contributed by atoms with Crippen LogP contribution in [0, 0.1) is 0 Å². The molecule has 1 aromatic carbocycles. The average Bonchev–Trinajstić information content (AvgIpc) is 3.31. The lowest BCUT2D eigenvalue weighted by Crippen LogP contribution is -2.29. The monoisotopic (exact) mass is 397 g/mol. The van der Waals surface area contributed by atoms with Crippen molar-refractivity contribution in [3.63, 3.8) is 0 Å². The molecule has 1 amide bonds. The number of amides is 1. The van der Waals surface area contributed by atoms with E-state index in [0.717, 1.165) is 12.1 Å². The summed E-state index contributed by atoms with van der Waals surface area (Å²) in [5.74, 6) is -0.355. The van der Waals surface area contributed by atoms with E-state index in [-0.39, 0.29) is 11.3 Å². The number of aromatic nitrogens is 4. The number of benzene rings is 1. The van der Waals surface area contributed by atoms with E-state index in [2.05, 4.69) is 20.4 Å². The van der Waals surface area contributed by atoms with Crippen LogP contribution in [0.5, 0.6) is 5.75 Å². The molecule has 0 saturated heterocycles. The van der Waals surface area contributed by atoms with Crippen molar-refractivity contribution in [1.29, 1.82) is 0 Å². The molecule has 0 radical (unpaired) electrons. The van der Waals surface area contributed by atoms with Gasteiger partial charge >= 0.3 is 6.18 Å². The zero-order valence-corrected chi connectivity index (χ0v) is 15.0. The Morgan fingerprint density at radius 3 is 2.70 bits per heavy atom. The van der Waals surface area contributed by atoms with Crippen LogP contribution in [0.1, 0.15) is 34.7 Å². The molecule has 0 spiro atoms. The van der Waals surface area contributed by atoms with Crippen molar-refractivity contribution < 1.29 is 22.7 Å². The number of ether oxygens (including phenoxy) is 1. The van der Waals surface area contributed by atoms with Crippen LogP contribution in [-0.2, 0) is 6.18 Å². The SMILES string of the molecule is COc1cc(C(=O)N[C@@H](C)c2ncnn2-c2nccs2)cc(C(F)(F)F)c1. The highest BCUT2D eigenvalue weighted by atomic mass is 32.1. The molecule has 0 aliphatic rings. The number of nitrogens with zero attached hydrogens (tertiary/aromatic N) is 4. The molecule has 3 aromatic rings. The zero-order chi connectivity index (χ0) is 19.6. The Hall–Kier alpha value is -2.95. The smallest absolute Gasteiger partial charge is 0.416 e. The van der Waals surface area contributed by atoms with E-state index >= 15 is 0 Å². The molecule has 0 aliphatic heterocycles. The minimum atomic E-state index is -4.60. The Labute approximate surface area is 155 Å². The first kappa shape index (κ1) is 18.8. The summed E-state index contributed by atoms with van der Waals surface area (Å²) in [5, 5.41) is 9.01. The van der Waals surface area contributed by atoms with E-state index < -0.39 is 23.7 Å². The van der Waals surface area contributed by atoms with Gasteiger partial charge in [-0.25, -0.2) is 9.97 Å². The first-order chi connectivity index (χ1) is 12.8. The quantitative estimate of drug-likeness (QED) is 0.715. The Kier molecular flexibility index (Phi) is 5.13. The predicted octanol–water partition coefficient (Wildman–Crippen LogP) is 3.24. The number of methoxy groups -OCH3 is 1. The van der Waals surface area contributed by atoms with Crippen molar-refractivity contribution in [3.05, 3.63) is 53.1 Å². The number of hydrogen-bond acceptors (Lipinski definition) is 6. The standard InChI is InChI=1S/C16H14F3N5O2S/c1-9(13-21-8-22-24(13)15-20-3-4-27-15)23-14(25)10-5-11(16(17,18)19)7-12(6-10)26-2/h3-9H,1-2H3,(H,23,25)/t9-/m0/s1. The van der Waals surface area contributed by atoms with Crippen LogP contribution < -0.4 is 10.1 Å². The van der Waals surface area contributed by atoms with E-state index in [1.54, 1.807) is 18.5 Å². The third kappa shape index (κ3) is 4.08. The predicted molar refractivity (Wildman–Crippen MR) is 90.9 cm³/mol. The van der Waals surface area contributed by atoms with E-state index in [4.69, 9.17) is 4.74 Å². The molecule has 0 bridgehead atoms. The number of carbonyl (C=O) groups excluding carboxylic acids is 1. The molecular formula is C16H14F3N5O2S. The Balaban J connectivity index is 1.85. The number of thiazole rings is 1. The highest BCUT2D eigenvalue weighted by Crippen LogP contribution is 2.32. The van der Waals surface area contributed by atoms with Gasteiger partial charge in [0.1, 0.15) is 12.1 Å². The van der Waals surface area contributed by atoms with Crippen molar-refractivity contribution in [2.24, 2.45) is 0 Å². The van der Waals surface area contributed by atoms with Crippen molar-refractivity contribution >= 4 is 17.2 Å². The van der Waals surface area contributed by atoms with Crippen LogP contribution in [0.3, 0.4) is 0 Å². The lowest BCUT2D eigenvalue weighted by molar-refractivity contribution is -0.137. The highest BCUT2D eigenvalue weighted by Gasteiger charge is 2.32. The maximum atomic E-state index is 13.0. The molecule has 3 rings (SSSR count). The maximum Gasteiger partial charge on any atom is 0.416 e. The van der Waals surface area contributed by atoms with Crippen LogP contribution in [0.25, 0.3) is 5.13 Å². The summed E-state index contributed by atoms with van der Waals surface area (Å²) < 4.78 is 45.4. The fourth-order valence-electron chi connectivity index (χ4n) is 2.37. The number of carbonyl (C=O) groups is 1. The van der Waals surface area contributed by atoms with Crippen molar-refractivity contribution in [3.8, 4) is 10.9 Å². The molecule has 0 saturated carbocycles. The van der Waals surface area contributed by atoms with Crippen LogP contribution in [0.4, 0.5) is 13.2 Å². The first-order valence-electron chi connectivity index (χ1n) is 7.66. The molecule has 1 N–H and O–H groups in total. The van der Waals surface area contributed by atoms with Gasteiger partial charge in [0, 0.05) is 17.1 Å². The summed E-state index contributed by atoms with van der Waals surface area (Å²) in [7, 11) is 1.23. The minimum absolute atomic E-state index is 0.0615. The Morgan fingerprint density at radius 1 is 1.30 bits per heavy atom. The third-order valence-electron chi connectivity index (χ3n) is 3.64. The molecule has 7 nitrogen and oxygen atoms in total. The number of hydrogen-bond donors (Lipinski definition) is 1. The first-order valence-corrected chi connectivity index (χ1v) is 8.54. The lowest BCUT2D eigenvalue weighted by atomic mass is 10.1. The van der Waals surface area contributed by atoms with Crippen molar-refractivity contribution in [1.82, 2.24) is 25.1 Å². The molecule has 2 aromatic heterocycles. The Morgan fingerprint density at radius 2 is 2.07 bits per heavy atom.